The van der Waals surface area contributed by atoms with E-state index in [-0.39, 0.29) is 5.56 Å². The average Bonchev–Trinajstić information content (AvgIpc) is 3.05. The lowest BCUT2D eigenvalue weighted by Crippen LogP contribution is -2.12. The number of anilines is 1. The zero-order valence-electron chi connectivity index (χ0n) is 13.5. The van der Waals surface area contributed by atoms with E-state index in [1.807, 2.05) is 30.5 Å². The third-order valence-corrected chi connectivity index (χ3v) is 4.35. The summed E-state index contributed by atoms with van der Waals surface area (Å²) in [5.41, 5.74) is 2.59. The van der Waals surface area contributed by atoms with E-state index < -0.39 is 17.5 Å². The molecule has 3 aromatic rings. The Morgan fingerprint density at radius 3 is 2.64 bits per heavy atom. The highest BCUT2D eigenvalue weighted by Gasteiger charge is 2.13. The van der Waals surface area contributed by atoms with Gasteiger partial charge in [0.2, 0.25) is 0 Å². The highest BCUT2D eigenvalue weighted by atomic mass is 32.1. The molecule has 1 aromatic heterocycles. The van der Waals surface area contributed by atoms with Crippen molar-refractivity contribution in [1.29, 1.82) is 0 Å². The molecule has 0 radical (unpaired) electrons. The number of amides is 1. The van der Waals surface area contributed by atoms with E-state index in [0.717, 1.165) is 29.0 Å². The molecule has 0 saturated heterocycles. The van der Waals surface area contributed by atoms with Crippen LogP contribution in [0.1, 0.15) is 15.9 Å². The summed E-state index contributed by atoms with van der Waals surface area (Å²) in [6.07, 6.45) is 0. The fourth-order valence-corrected chi connectivity index (χ4v) is 3.02. The first kappa shape index (κ1) is 17.0. The number of rotatable bonds is 4. The van der Waals surface area contributed by atoms with Gasteiger partial charge in [-0.2, -0.15) is 0 Å². The predicted molar refractivity (Wildman–Crippen MR) is 93.2 cm³/mol. The van der Waals surface area contributed by atoms with E-state index in [2.05, 4.69) is 10.3 Å². The van der Waals surface area contributed by atoms with Crippen molar-refractivity contribution in [3.05, 3.63) is 64.5 Å². The number of carbonyl (C=O) groups is 1. The molecule has 7 heteroatoms. The van der Waals surface area contributed by atoms with E-state index in [1.54, 1.807) is 7.11 Å². The normalized spacial score (nSPS) is 10.6. The maximum Gasteiger partial charge on any atom is 0.257 e. The topological polar surface area (TPSA) is 51.2 Å². The first-order chi connectivity index (χ1) is 12.0. The Morgan fingerprint density at radius 1 is 1.16 bits per heavy atom. The van der Waals surface area contributed by atoms with E-state index >= 15 is 0 Å². The van der Waals surface area contributed by atoms with Crippen LogP contribution >= 0.6 is 11.3 Å². The van der Waals surface area contributed by atoms with Crippen molar-refractivity contribution in [3.8, 4) is 17.0 Å². The molecule has 4 nitrogen and oxygen atoms in total. The monoisotopic (exact) mass is 360 g/mol. The van der Waals surface area contributed by atoms with Crippen LogP contribution in [0.5, 0.6) is 5.75 Å². The third kappa shape index (κ3) is 3.66. The molecule has 1 N–H and O–H groups in total. The minimum atomic E-state index is -1.07. The molecule has 0 fully saturated rings. The molecule has 0 atom stereocenters. The van der Waals surface area contributed by atoms with Crippen molar-refractivity contribution >= 4 is 22.4 Å². The quantitative estimate of drug-likeness (QED) is 0.736. The summed E-state index contributed by atoms with van der Waals surface area (Å²) in [4.78, 5) is 16.5. The smallest absolute Gasteiger partial charge is 0.257 e. The van der Waals surface area contributed by atoms with Crippen LogP contribution in [0.15, 0.2) is 41.8 Å². The van der Waals surface area contributed by atoms with Gasteiger partial charge in [-0.05, 0) is 48.9 Å². The van der Waals surface area contributed by atoms with Gasteiger partial charge in [-0.1, -0.05) is 0 Å². The van der Waals surface area contributed by atoms with Gasteiger partial charge in [-0.3, -0.25) is 10.1 Å². The summed E-state index contributed by atoms with van der Waals surface area (Å²) in [5, 5.41) is 4.77. The largest absolute Gasteiger partial charge is 0.496 e. The second-order valence-corrected chi connectivity index (χ2v) is 6.16. The molecule has 0 aliphatic carbocycles. The van der Waals surface area contributed by atoms with Crippen LogP contribution in [0, 0.1) is 18.6 Å². The van der Waals surface area contributed by atoms with E-state index in [9.17, 15) is 13.6 Å². The summed E-state index contributed by atoms with van der Waals surface area (Å²) in [6.45, 7) is 1.93. The van der Waals surface area contributed by atoms with Crippen molar-refractivity contribution in [2.24, 2.45) is 0 Å². The second-order valence-electron chi connectivity index (χ2n) is 5.31. The second kappa shape index (κ2) is 6.98. The highest BCUT2D eigenvalue weighted by molar-refractivity contribution is 7.14. The minimum absolute atomic E-state index is 0.0240. The Labute approximate surface area is 147 Å². The Morgan fingerprint density at radius 2 is 1.96 bits per heavy atom. The van der Waals surface area contributed by atoms with E-state index in [1.165, 1.54) is 17.4 Å². The molecule has 0 aliphatic rings. The molecule has 0 aliphatic heterocycles. The number of halogens is 2. The zero-order valence-corrected chi connectivity index (χ0v) is 14.3. The lowest BCUT2D eigenvalue weighted by atomic mass is 10.1. The first-order valence-corrected chi connectivity index (χ1v) is 8.23. The predicted octanol–water partition coefficient (Wildman–Crippen LogP) is 4.66. The first-order valence-electron chi connectivity index (χ1n) is 7.35. The third-order valence-electron chi connectivity index (χ3n) is 3.60. The van der Waals surface area contributed by atoms with Gasteiger partial charge in [0.25, 0.3) is 5.91 Å². The highest BCUT2D eigenvalue weighted by Crippen LogP contribution is 2.29. The van der Waals surface area contributed by atoms with Crippen molar-refractivity contribution < 1.29 is 18.3 Å². The molecule has 0 bridgehead atoms. The van der Waals surface area contributed by atoms with Crippen LogP contribution in [0.2, 0.25) is 0 Å². The summed E-state index contributed by atoms with van der Waals surface area (Å²) in [6, 6.07) is 8.65. The maximum absolute atomic E-state index is 13.2. The van der Waals surface area contributed by atoms with Crippen molar-refractivity contribution in [3.63, 3.8) is 0 Å². The molecule has 0 unspecified atom stereocenters. The SMILES string of the molecule is COc1ccc(-c2csc(NC(=O)c3ccc(F)c(F)c3)n2)cc1C. The maximum atomic E-state index is 13.2. The van der Waals surface area contributed by atoms with Gasteiger partial charge in [0.05, 0.1) is 12.8 Å². The number of ether oxygens (including phenoxy) is 1. The number of thiazole rings is 1. The lowest BCUT2D eigenvalue weighted by molar-refractivity contribution is 0.102. The van der Waals surface area contributed by atoms with Crippen LogP contribution < -0.4 is 10.1 Å². The fourth-order valence-electron chi connectivity index (χ4n) is 2.31. The molecular weight excluding hydrogens is 346 g/mol. The Bertz CT molecular complexity index is 941. The van der Waals surface area contributed by atoms with Gasteiger partial charge in [0, 0.05) is 16.5 Å². The number of aryl methyl sites for hydroxylation is 1. The minimum Gasteiger partial charge on any atom is -0.496 e. The van der Waals surface area contributed by atoms with Crippen LogP contribution in [0.25, 0.3) is 11.3 Å². The van der Waals surface area contributed by atoms with Crippen molar-refractivity contribution in [2.45, 2.75) is 6.92 Å². The number of nitrogens with zero attached hydrogens (tertiary/aromatic N) is 1. The molecule has 2 aromatic carbocycles. The van der Waals surface area contributed by atoms with Gasteiger partial charge >= 0.3 is 0 Å². The fraction of sp³-hybridized carbons (Fsp3) is 0.111. The average molecular weight is 360 g/mol. The number of benzene rings is 2. The molecule has 3 rings (SSSR count). The molecular formula is C18H14F2N2O2S. The number of carbonyl (C=O) groups excluding carboxylic acids is 1. The van der Waals surface area contributed by atoms with Crippen LogP contribution in [0.3, 0.4) is 0 Å². The summed E-state index contributed by atoms with van der Waals surface area (Å²) < 4.78 is 31.4. The molecule has 1 amide bonds. The number of aromatic nitrogens is 1. The molecule has 25 heavy (non-hydrogen) atoms. The Balaban J connectivity index is 1.78. The van der Waals surface area contributed by atoms with Gasteiger partial charge in [0.15, 0.2) is 16.8 Å². The number of nitrogens with one attached hydrogen (secondary N) is 1. The zero-order chi connectivity index (χ0) is 18.0. The molecule has 0 spiro atoms. The van der Waals surface area contributed by atoms with Gasteiger partial charge in [-0.25, -0.2) is 13.8 Å². The molecule has 0 saturated carbocycles. The van der Waals surface area contributed by atoms with Gasteiger partial charge in [-0.15, -0.1) is 11.3 Å². The Hall–Kier alpha value is -2.80. The van der Waals surface area contributed by atoms with Crippen LogP contribution in [0.4, 0.5) is 13.9 Å². The van der Waals surface area contributed by atoms with E-state index in [0.29, 0.717) is 10.8 Å². The van der Waals surface area contributed by atoms with E-state index in [4.69, 9.17) is 4.74 Å². The van der Waals surface area contributed by atoms with Crippen LogP contribution in [-0.2, 0) is 0 Å². The summed E-state index contributed by atoms with van der Waals surface area (Å²) >= 11 is 1.25. The summed E-state index contributed by atoms with van der Waals surface area (Å²) in [5.74, 6) is -1.83. The molecule has 1 heterocycles. The number of hydrogen-bond donors (Lipinski definition) is 1. The number of methoxy groups -OCH3 is 1. The summed E-state index contributed by atoms with van der Waals surface area (Å²) in [7, 11) is 1.61. The standard InChI is InChI=1S/C18H14F2N2O2S/c1-10-7-11(4-6-16(10)24-2)15-9-25-18(21-15)22-17(23)12-3-5-13(19)14(20)8-12/h3-9H,1-2H3,(H,21,22,23). The van der Waals surface area contributed by atoms with Crippen LogP contribution in [-0.4, -0.2) is 18.0 Å². The molecule has 128 valence electrons. The van der Waals surface area contributed by atoms with Gasteiger partial charge < -0.3 is 4.74 Å². The number of hydrogen-bond acceptors (Lipinski definition) is 4. The Kier molecular flexibility index (Phi) is 4.76. The van der Waals surface area contributed by atoms with Gasteiger partial charge in [0.1, 0.15) is 5.75 Å². The lowest BCUT2D eigenvalue weighted by Gasteiger charge is -2.05. The van der Waals surface area contributed by atoms with Crippen molar-refractivity contribution in [2.75, 3.05) is 12.4 Å². The van der Waals surface area contributed by atoms with Crippen molar-refractivity contribution in [1.82, 2.24) is 4.98 Å².